The zero-order chi connectivity index (χ0) is 12.5. The highest BCUT2D eigenvalue weighted by atomic mass is 15.3. The number of nitrogens with one attached hydrogen (secondary N) is 1. The van der Waals surface area contributed by atoms with E-state index in [0.29, 0.717) is 12.1 Å². The van der Waals surface area contributed by atoms with E-state index >= 15 is 0 Å². The van der Waals surface area contributed by atoms with Crippen molar-refractivity contribution in [1.82, 2.24) is 20.0 Å². The molecule has 3 heterocycles. The molecule has 0 spiro atoms. The van der Waals surface area contributed by atoms with Gasteiger partial charge >= 0.3 is 0 Å². The predicted octanol–water partition coefficient (Wildman–Crippen LogP) is 1.34. The fourth-order valence-electron chi connectivity index (χ4n) is 3.88. The second-order valence-electron chi connectivity index (χ2n) is 5.98. The Morgan fingerprint density at radius 3 is 3.06 bits per heavy atom. The molecule has 3 rings (SSSR count). The van der Waals surface area contributed by atoms with Gasteiger partial charge in [-0.2, -0.15) is 5.10 Å². The average molecular weight is 248 g/mol. The molecule has 0 aromatic carbocycles. The molecule has 0 bridgehead atoms. The normalized spacial score (nSPS) is 32.9. The van der Waals surface area contributed by atoms with Gasteiger partial charge in [0.1, 0.15) is 0 Å². The number of rotatable bonds is 3. The molecule has 4 nitrogen and oxygen atoms in total. The van der Waals surface area contributed by atoms with Gasteiger partial charge in [-0.05, 0) is 51.8 Å². The largest absolute Gasteiger partial charge is 0.316 e. The van der Waals surface area contributed by atoms with E-state index in [1.165, 1.54) is 25.9 Å². The average Bonchev–Trinajstić information content (AvgIpc) is 2.95. The molecule has 100 valence electrons. The number of hydrogen-bond acceptors (Lipinski definition) is 3. The minimum Gasteiger partial charge on any atom is -0.316 e. The van der Waals surface area contributed by atoms with E-state index in [1.54, 1.807) is 0 Å². The van der Waals surface area contributed by atoms with Crippen molar-refractivity contribution in [2.24, 2.45) is 5.92 Å². The van der Waals surface area contributed by atoms with Crippen molar-refractivity contribution in [3.05, 3.63) is 18.5 Å². The first-order chi connectivity index (χ1) is 8.75. The Labute approximate surface area is 109 Å². The third-order valence-corrected chi connectivity index (χ3v) is 4.50. The monoisotopic (exact) mass is 248 g/mol. The van der Waals surface area contributed by atoms with Crippen LogP contribution in [0, 0.1) is 5.92 Å². The number of fused-ring (bicyclic) bond motifs is 1. The van der Waals surface area contributed by atoms with Crippen molar-refractivity contribution in [2.75, 3.05) is 13.1 Å². The highest BCUT2D eigenvalue weighted by molar-refractivity contribution is 4.98. The molecule has 0 aliphatic carbocycles. The molecule has 18 heavy (non-hydrogen) atoms. The van der Waals surface area contributed by atoms with Crippen LogP contribution in [0.4, 0.5) is 0 Å². The third-order valence-electron chi connectivity index (χ3n) is 4.50. The lowest BCUT2D eigenvalue weighted by Gasteiger charge is -2.37. The quantitative estimate of drug-likeness (QED) is 0.876. The van der Waals surface area contributed by atoms with E-state index in [1.807, 2.05) is 12.3 Å². The smallest absolute Gasteiger partial charge is 0.0565 e. The minimum absolute atomic E-state index is 0.638. The van der Waals surface area contributed by atoms with Crippen LogP contribution in [-0.2, 0) is 6.54 Å². The summed E-state index contributed by atoms with van der Waals surface area (Å²) in [6, 6.07) is 4.09. The maximum Gasteiger partial charge on any atom is 0.0565 e. The van der Waals surface area contributed by atoms with Gasteiger partial charge in [-0.15, -0.1) is 0 Å². The first kappa shape index (κ1) is 12.2. The van der Waals surface area contributed by atoms with E-state index < -0.39 is 0 Å². The van der Waals surface area contributed by atoms with Crippen molar-refractivity contribution in [1.29, 1.82) is 0 Å². The number of piperidine rings is 1. The predicted molar refractivity (Wildman–Crippen MR) is 72.4 cm³/mol. The van der Waals surface area contributed by atoms with Gasteiger partial charge in [0.25, 0.3) is 0 Å². The molecule has 3 atom stereocenters. The van der Waals surface area contributed by atoms with Crippen molar-refractivity contribution in [3.8, 4) is 0 Å². The second-order valence-corrected chi connectivity index (χ2v) is 5.98. The van der Waals surface area contributed by atoms with Crippen LogP contribution in [0.3, 0.4) is 0 Å². The molecule has 1 N–H and O–H groups in total. The zero-order valence-electron chi connectivity index (χ0n) is 11.4. The number of likely N-dealkylation sites (tertiary alicyclic amines) is 1. The highest BCUT2D eigenvalue weighted by Crippen LogP contribution is 2.35. The SMILES string of the molecule is CC(C)N1[C@H](Cn2cccn2)C[C@@H]2CNCC[C@@H]21. The lowest BCUT2D eigenvalue weighted by molar-refractivity contribution is 0.110. The van der Waals surface area contributed by atoms with Gasteiger partial charge in [0, 0.05) is 30.5 Å². The van der Waals surface area contributed by atoms with Crippen LogP contribution in [0.1, 0.15) is 26.7 Å². The highest BCUT2D eigenvalue weighted by Gasteiger charge is 2.43. The first-order valence-electron chi connectivity index (χ1n) is 7.21. The van der Waals surface area contributed by atoms with E-state index in [0.717, 1.165) is 18.5 Å². The Hall–Kier alpha value is -0.870. The molecule has 1 aromatic rings. The number of hydrogen-bond donors (Lipinski definition) is 1. The molecule has 0 unspecified atom stereocenters. The van der Waals surface area contributed by atoms with Gasteiger partial charge in [-0.25, -0.2) is 0 Å². The lowest BCUT2D eigenvalue weighted by Crippen LogP contribution is -2.48. The van der Waals surface area contributed by atoms with E-state index in [9.17, 15) is 0 Å². The van der Waals surface area contributed by atoms with Gasteiger partial charge in [-0.3, -0.25) is 9.58 Å². The van der Waals surface area contributed by atoms with Crippen LogP contribution < -0.4 is 5.32 Å². The molecule has 2 aliphatic heterocycles. The Balaban J connectivity index is 1.76. The summed E-state index contributed by atoms with van der Waals surface area (Å²) in [6.07, 6.45) is 6.58. The van der Waals surface area contributed by atoms with Crippen LogP contribution >= 0.6 is 0 Å². The summed E-state index contributed by atoms with van der Waals surface area (Å²) < 4.78 is 2.09. The van der Waals surface area contributed by atoms with Gasteiger partial charge in [-0.1, -0.05) is 0 Å². The summed E-state index contributed by atoms with van der Waals surface area (Å²) in [5.41, 5.74) is 0. The molecule has 4 heteroatoms. The van der Waals surface area contributed by atoms with E-state index in [-0.39, 0.29) is 0 Å². The van der Waals surface area contributed by atoms with Gasteiger partial charge in [0.2, 0.25) is 0 Å². The van der Waals surface area contributed by atoms with Crippen LogP contribution in [0.25, 0.3) is 0 Å². The van der Waals surface area contributed by atoms with Crippen molar-refractivity contribution in [2.45, 2.75) is 51.4 Å². The summed E-state index contributed by atoms with van der Waals surface area (Å²) >= 11 is 0. The van der Waals surface area contributed by atoms with Gasteiger partial charge in [0.05, 0.1) is 6.54 Å². The van der Waals surface area contributed by atoms with Gasteiger partial charge < -0.3 is 5.32 Å². The maximum atomic E-state index is 4.37. The topological polar surface area (TPSA) is 33.1 Å². The second kappa shape index (κ2) is 5.02. The molecule has 2 saturated heterocycles. The van der Waals surface area contributed by atoms with Gasteiger partial charge in [0.15, 0.2) is 0 Å². The standard InChI is InChI=1S/C14H24N4/c1-11(2)18-13(10-17-7-3-5-16-17)8-12-9-15-6-4-14(12)18/h3,5,7,11-15H,4,6,8-10H2,1-2H3/t12-,13+,14+/m1/s1. The number of nitrogens with zero attached hydrogens (tertiary/aromatic N) is 3. The van der Waals surface area contributed by atoms with Crippen LogP contribution in [0.2, 0.25) is 0 Å². The first-order valence-corrected chi connectivity index (χ1v) is 7.21. The summed E-state index contributed by atoms with van der Waals surface area (Å²) in [5.74, 6) is 0.835. The Kier molecular flexibility index (Phi) is 3.39. The Morgan fingerprint density at radius 1 is 1.44 bits per heavy atom. The lowest BCUT2D eigenvalue weighted by atomic mass is 9.93. The molecule has 0 saturated carbocycles. The van der Waals surface area contributed by atoms with E-state index in [2.05, 4.69) is 40.0 Å². The Morgan fingerprint density at radius 2 is 2.33 bits per heavy atom. The minimum atomic E-state index is 0.638. The van der Waals surface area contributed by atoms with Crippen molar-refractivity contribution >= 4 is 0 Å². The Bertz CT molecular complexity index is 373. The molecule has 1 aromatic heterocycles. The molecular formula is C14H24N4. The summed E-state index contributed by atoms with van der Waals surface area (Å²) in [5, 5.41) is 7.91. The summed E-state index contributed by atoms with van der Waals surface area (Å²) in [7, 11) is 0. The maximum absolute atomic E-state index is 4.37. The summed E-state index contributed by atoms with van der Waals surface area (Å²) in [4.78, 5) is 2.74. The van der Waals surface area contributed by atoms with Crippen molar-refractivity contribution < 1.29 is 0 Å². The third kappa shape index (κ3) is 2.19. The zero-order valence-corrected chi connectivity index (χ0v) is 11.4. The summed E-state index contributed by atoms with van der Waals surface area (Å²) in [6.45, 7) is 8.08. The molecule has 2 fully saturated rings. The fourth-order valence-corrected chi connectivity index (χ4v) is 3.88. The molecule has 2 aliphatic rings. The fraction of sp³-hybridized carbons (Fsp3) is 0.786. The molecule has 0 radical (unpaired) electrons. The van der Waals surface area contributed by atoms with Crippen LogP contribution in [0.5, 0.6) is 0 Å². The van der Waals surface area contributed by atoms with Crippen molar-refractivity contribution in [3.63, 3.8) is 0 Å². The van der Waals surface area contributed by atoms with Crippen LogP contribution in [0.15, 0.2) is 18.5 Å². The molecular weight excluding hydrogens is 224 g/mol. The van der Waals surface area contributed by atoms with E-state index in [4.69, 9.17) is 0 Å². The number of aromatic nitrogens is 2. The molecule has 0 amide bonds. The van der Waals surface area contributed by atoms with Crippen LogP contribution in [-0.4, -0.2) is 45.9 Å².